The first-order valence-corrected chi connectivity index (χ1v) is 8.97. The third kappa shape index (κ3) is 3.32. The van der Waals surface area contributed by atoms with E-state index in [0.717, 1.165) is 42.6 Å². The maximum absolute atomic E-state index is 12.6. The van der Waals surface area contributed by atoms with E-state index in [-0.39, 0.29) is 23.8 Å². The maximum atomic E-state index is 12.6. The molecule has 6 nitrogen and oxygen atoms in total. The minimum atomic E-state index is -0.0441. The molecule has 1 aromatic rings. The lowest BCUT2D eigenvalue weighted by Gasteiger charge is -2.32. The number of aryl methyl sites for hydroxylation is 2. The van der Waals surface area contributed by atoms with Gasteiger partial charge in [-0.05, 0) is 46.5 Å². The van der Waals surface area contributed by atoms with Crippen LogP contribution in [0.2, 0.25) is 0 Å². The Morgan fingerprint density at radius 2 is 1.75 bits per heavy atom. The summed E-state index contributed by atoms with van der Waals surface area (Å²) in [4.78, 5) is 26.6. The Kier molecular flexibility index (Phi) is 4.65. The van der Waals surface area contributed by atoms with Gasteiger partial charge in [-0.3, -0.25) is 14.3 Å². The van der Waals surface area contributed by atoms with Crippen LogP contribution < -0.4 is 5.32 Å². The molecule has 0 radical (unpaired) electrons. The molecule has 0 spiro atoms. The first-order valence-electron chi connectivity index (χ1n) is 8.97. The third-order valence-electron chi connectivity index (χ3n) is 5.46. The van der Waals surface area contributed by atoms with Crippen LogP contribution in [0.1, 0.15) is 55.6 Å². The third-order valence-corrected chi connectivity index (χ3v) is 5.46. The van der Waals surface area contributed by atoms with Crippen molar-refractivity contribution in [1.82, 2.24) is 20.0 Å². The minimum Gasteiger partial charge on any atom is -0.349 e. The molecule has 1 aliphatic heterocycles. The summed E-state index contributed by atoms with van der Waals surface area (Å²) < 4.78 is 1.86. The van der Waals surface area contributed by atoms with Crippen LogP contribution in [-0.2, 0) is 16.6 Å². The van der Waals surface area contributed by atoms with Crippen molar-refractivity contribution in [3.63, 3.8) is 0 Å². The van der Waals surface area contributed by atoms with Crippen molar-refractivity contribution in [3.8, 4) is 0 Å². The molecule has 6 heteroatoms. The summed E-state index contributed by atoms with van der Waals surface area (Å²) in [6.45, 7) is 7.45. The minimum absolute atomic E-state index is 0.00740. The molecule has 1 N–H and O–H groups in total. The van der Waals surface area contributed by atoms with Gasteiger partial charge in [0.2, 0.25) is 11.8 Å². The highest BCUT2D eigenvalue weighted by atomic mass is 16.2. The first-order chi connectivity index (χ1) is 11.4. The summed E-state index contributed by atoms with van der Waals surface area (Å²) in [5.41, 5.74) is 3.16. The lowest BCUT2D eigenvalue weighted by Crippen LogP contribution is -2.44. The van der Waals surface area contributed by atoms with E-state index in [2.05, 4.69) is 10.4 Å². The second-order valence-electron chi connectivity index (χ2n) is 7.31. The fourth-order valence-electron chi connectivity index (χ4n) is 3.77. The second-order valence-corrected chi connectivity index (χ2v) is 7.31. The number of nitrogens with zero attached hydrogens (tertiary/aromatic N) is 3. The van der Waals surface area contributed by atoms with Crippen LogP contribution in [0.5, 0.6) is 0 Å². The summed E-state index contributed by atoms with van der Waals surface area (Å²) >= 11 is 0. The van der Waals surface area contributed by atoms with Crippen molar-refractivity contribution >= 4 is 11.8 Å². The van der Waals surface area contributed by atoms with Gasteiger partial charge in [0.15, 0.2) is 0 Å². The highest BCUT2D eigenvalue weighted by Gasteiger charge is 2.36. The van der Waals surface area contributed by atoms with Gasteiger partial charge in [-0.1, -0.05) is 0 Å². The van der Waals surface area contributed by atoms with E-state index in [1.54, 1.807) is 0 Å². The van der Waals surface area contributed by atoms with Crippen LogP contribution in [0.4, 0.5) is 0 Å². The van der Waals surface area contributed by atoms with Crippen LogP contribution in [0, 0.1) is 25.7 Å². The van der Waals surface area contributed by atoms with E-state index >= 15 is 0 Å². The molecule has 2 heterocycles. The predicted octanol–water partition coefficient (Wildman–Crippen LogP) is 1.86. The lowest BCUT2D eigenvalue weighted by atomic mass is 9.94. The van der Waals surface area contributed by atoms with Crippen molar-refractivity contribution < 1.29 is 9.59 Å². The van der Waals surface area contributed by atoms with Gasteiger partial charge in [0, 0.05) is 43.2 Å². The smallest absolute Gasteiger partial charge is 0.225 e. The number of amides is 2. The van der Waals surface area contributed by atoms with Crippen LogP contribution in [0.15, 0.2) is 0 Å². The Hall–Kier alpha value is -1.85. The van der Waals surface area contributed by atoms with Crippen molar-refractivity contribution in [1.29, 1.82) is 0 Å². The zero-order chi connectivity index (χ0) is 17.4. The Labute approximate surface area is 143 Å². The van der Waals surface area contributed by atoms with Crippen molar-refractivity contribution in [2.24, 2.45) is 18.9 Å². The molecular formula is C18H28N4O2. The van der Waals surface area contributed by atoms with Crippen LogP contribution in [0.3, 0.4) is 0 Å². The molecule has 1 saturated carbocycles. The zero-order valence-corrected chi connectivity index (χ0v) is 15.1. The van der Waals surface area contributed by atoms with E-state index in [1.165, 1.54) is 0 Å². The van der Waals surface area contributed by atoms with Gasteiger partial charge in [0.1, 0.15) is 0 Å². The number of likely N-dealkylation sites (tertiary alicyclic amines) is 1. The number of hydrogen-bond donors (Lipinski definition) is 1. The number of aromatic nitrogens is 2. The van der Waals surface area contributed by atoms with Crippen molar-refractivity contribution in [2.75, 3.05) is 13.1 Å². The summed E-state index contributed by atoms with van der Waals surface area (Å²) in [5.74, 6) is 0.674. The van der Waals surface area contributed by atoms with Gasteiger partial charge in [-0.25, -0.2) is 0 Å². The first kappa shape index (κ1) is 17.0. The average Bonchev–Trinajstić information content (AvgIpc) is 3.35. The standard InChI is InChI=1S/C18H28N4O2/c1-11(16-12(2)20-21(4)13(16)3)19-17(23)14-7-9-22(10-8-14)18(24)15-5-6-15/h11,14-15H,5-10H2,1-4H3,(H,19,23)/t11-/m0/s1. The molecule has 1 aliphatic carbocycles. The van der Waals surface area contributed by atoms with Crippen molar-refractivity contribution in [2.45, 2.75) is 52.5 Å². The highest BCUT2D eigenvalue weighted by Crippen LogP contribution is 2.32. The summed E-state index contributed by atoms with van der Waals surface area (Å²) in [7, 11) is 1.92. The molecule has 0 unspecified atom stereocenters. The number of carbonyl (C=O) groups is 2. The Balaban J connectivity index is 1.54. The Bertz CT molecular complexity index is 640. The molecule has 0 aromatic carbocycles. The predicted molar refractivity (Wildman–Crippen MR) is 91.3 cm³/mol. The molecule has 2 fully saturated rings. The van der Waals surface area contributed by atoms with Gasteiger partial charge in [-0.2, -0.15) is 5.10 Å². The van der Waals surface area contributed by atoms with Gasteiger partial charge in [-0.15, -0.1) is 0 Å². The Morgan fingerprint density at radius 3 is 2.25 bits per heavy atom. The van der Waals surface area contributed by atoms with Gasteiger partial charge in [0.05, 0.1) is 11.7 Å². The molecule has 1 aromatic heterocycles. The largest absolute Gasteiger partial charge is 0.349 e. The van der Waals surface area contributed by atoms with Gasteiger partial charge >= 0.3 is 0 Å². The number of rotatable bonds is 4. The molecule has 2 aliphatic rings. The normalized spacial score (nSPS) is 20.1. The SMILES string of the molecule is Cc1nn(C)c(C)c1[C@H](C)NC(=O)C1CCN(C(=O)C2CC2)CC1. The monoisotopic (exact) mass is 332 g/mol. The van der Waals surface area contributed by atoms with Gasteiger partial charge in [0.25, 0.3) is 0 Å². The van der Waals surface area contributed by atoms with Crippen LogP contribution in [0.25, 0.3) is 0 Å². The lowest BCUT2D eigenvalue weighted by molar-refractivity contribution is -0.136. The maximum Gasteiger partial charge on any atom is 0.225 e. The van der Waals surface area contributed by atoms with Crippen molar-refractivity contribution in [3.05, 3.63) is 17.0 Å². The molecule has 24 heavy (non-hydrogen) atoms. The van der Waals surface area contributed by atoms with E-state index in [1.807, 2.05) is 37.4 Å². The molecule has 3 rings (SSSR count). The quantitative estimate of drug-likeness (QED) is 0.915. The second kappa shape index (κ2) is 6.57. The Morgan fingerprint density at radius 1 is 1.12 bits per heavy atom. The number of hydrogen-bond acceptors (Lipinski definition) is 3. The number of nitrogens with one attached hydrogen (secondary N) is 1. The summed E-state index contributed by atoms with van der Waals surface area (Å²) in [5, 5.41) is 7.57. The molecule has 1 atom stereocenters. The summed E-state index contributed by atoms with van der Waals surface area (Å²) in [6, 6.07) is -0.0441. The van der Waals surface area contributed by atoms with Crippen LogP contribution >= 0.6 is 0 Å². The molecule has 1 saturated heterocycles. The molecule has 132 valence electrons. The van der Waals surface area contributed by atoms with E-state index < -0.39 is 0 Å². The van der Waals surface area contributed by atoms with E-state index in [9.17, 15) is 9.59 Å². The number of carbonyl (C=O) groups excluding carboxylic acids is 2. The zero-order valence-electron chi connectivity index (χ0n) is 15.1. The fourth-order valence-corrected chi connectivity index (χ4v) is 3.77. The average molecular weight is 332 g/mol. The molecule has 2 amide bonds. The van der Waals surface area contributed by atoms with Gasteiger partial charge < -0.3 is 10.2 Å². The topological polar surface area (TPSA) is 67.2 Å². The molecular weight excluding hydrogens is 304 g/mol. The fraction of sp³-hybridized carbons (Fsp3) is 0.722. The van der Waals surface area contributed by atoms with E-state index in [0.29, 0.717) is 19.0 Å². The van der Waals surface area contributed by atoms with E-state index in [4.69, 9.17) is 0 Å². The molecule has 0 bridgehead atoms. The van der Waals surface area contributed by atoms with Crippen LogP contribution in [-0.4, -0.2) is 39.6 Å². The summed E-state index contributed by atoms with van der Waals surface area (Å²) in [6.07, 6.45) is 3.62. The highest BCUT2D eigenvalue weighted by molar-refractivity contribution is 5.82. The number of piperidine rings is 1.